The third kappa shape index (κ3) is 3.81. The van der Waals surface area contributed by atoms with Crippen molar-refractivity contribution in [3.8, 4) is 33.8 Å². The summed E-state index contributed by atoms with van der Waals surface area (Å²) in [6, 6.07) is 11.9. The molecule has 0 spiro atoms. The molecular weight excluding hydrogens is 464 g/mol. The zero-order chi connectivity index (χ0) is 24.8. The number of fused-ring (bicyclic) bond motifs is 2. The summed E-state index contributed by atoms with van der Waals surface area (Å²) in [6.45, 7) is 0. The largest absolute Gasteiger partial charge is 0.338 e. The Bertz CT molecular complexity index is 1770. The van der Waals surface area contributed by atoms with Crippen LogP contribution < -0.4 is 5.32 Å². The van der Waals surface area contributed by atoms with E-state index in [1.807, 2.05) is 36.5 Å². The monoisotopic (exact) mass is 486 g/mol. The van der Waals surface area contributed by atoms with E-state index in [1.54, 1.807) is 31.0 Å². The third-order valence-electron chi connectivity index (χ3n) is 6.98. The quantitative estimate of drug-likeness (QED) is 0.301. The second-order valence-electron chi connectivity index (χ2n) is 9.31. The van der Waals surface area contributed by atoms with Crippen molar-refractivity contribution in [1.82, 2.24) is 35.1 Å². The van der Waals surface area contributed by atoms with Crippen molar-refractivity contribution in [1.29, 1.82) is 0 Å². The second-order valence-corrected chi connectivity index (χ2v) is 9.31. The third-order valence-corrected chi connectivity index (χ3v) is 6.98. The Morgan fingerprint density at radius 1 is 0.919 bits per heavy atom. The molecule has 1 aliphatic carbocycles. The van der Waals surface area contributed by atoms with Crippen LogP contribution in [0.15, 0.2) is 73.6 Å². The summed E-state index contributed by atoms with van der Waals surface area (Å²) >= 11 is 0. The molecule has 1 aliphatic rings. The first-order valence-electron chi connectivity index (χ1n) is 12.2. The highest BCUT2D eigenvalue weighted by Crippen LogP contribution is 2.34. The van der Waals surface area contributed by atoms with E-state index in [0.717, 1.165) is 75.0 Å². The molecule has 9 nitrogen and oxygen atoms in total. The lowest BCUT2D eigenvalue weighted by Crippen LogP contribution is -2.28. The predicted molar refractivity (Wildman–Crippen MR) is 141 cm³/mol. The zero-order valence-electron chi connectivity index (χ0n) is 19.8. The predicted octanol–water partition coefficient (Wildman–Crippen LogP) is 5.36. The fraction of sp³-hybridized carbons (Fsp3) is 0.143. The van der Waals surface area contributed by atoms with Crippen LogP contribution in [-0.2, 0) is 4.79 Å². The van der Waals surface area contributed by atoms with Crippen LogP contribution in [0.4, 0.5) is 5.69 Å². The molecule has 1 saturated carbocycles. The maximum absolute atomic E-state index is 12.4. The Hall–Kier alpha value is -4.92. The van der Waals surface area contributed by atoms with Crippen LogP contribution in [0.5, 0.6) is 0 Å². The highest BCUT2D eigenvalue weighted by molar-refractivity contribution is 6.00. The van der Waals surface area contributed by atoms with Gasteiger partial charge in [-0.15, -0.1) is 0 Å². The summed E-state index contributed by atoms with van der Waals surface area (Å²) in [5, 5.41) is 12.6. The van der Waals surface area contributed by atoms with Crippen molar-refractivity contribution in [3.05, 3.63) is 73.6 Å². The Labute approximate surface area is 211 Å². The number of carbonyl (C=O) groups is 1. The maximum Gasteiger partial charge on any atom is 0.227 e. The summed E-state index contributed by atoms with van der Waals surface area (Å²) in [5.74, 6) is 0.167. The minimum absolute atomic E-state index is 0.0591. The van der Waals surface area contributed by atoms with Gasteiger partial charge in [0, 0.05) is 52.6 Å². The van der Waals surface area contributed by atoms with Crippen LogP contribution in [-0.4, -0.2) is 41.0 Å². The van der Waals surface area contributed by atoms with Crippen LogP contribution >= 0.6 is 0 Å². The molecular formula is C28H22N8O. The number of aromatic nitrogens is 7. The van der Waals surface area contributed by atoms with Crippen LogP contribution in [0.2, 0.25) is 0 Å². The van der Waals surface area contributed by atoms with Crippen LogP contribution in [0.1, 0.15) is 19.3 Å². The van der Waals surface area contributed by atoms with E-state index in [1.165, 1.54) is 0 Å². The van der Waals surface area contributed by atoms with E-state index in [4.69, 9.17) is 0 Å². The van der Waals surface area contributed by atoms with Gasteiger partial charge in [0.05, 0.1) is 35.0 Å². The lowest BCUT2D eigenvalue weighted by atomic mass is 9.85. The molecule has 6 aromatic heterocycles. The topological polar surface area (TPSA) is 125 Å². The Kier molecular flexibility index (Phi) is 4.99. The summed E-state index contributed by atoms with van der Waals surface area (Å²) in [5.41, 5.74) is 7.53. The fourth-order valence-corrected chi connectivity index (χ4v) is 4.77. The molecule has 9 heteroatoms. The standard InChI is InChI=1S/C28H22N8O/c37-28(16-3-1-4-16)33-19-9-18(13-30-14-19)23-11-22-25(15-32-23)35-36-26(22)24-10-21-20(6-8-31-27(21)34-24)17-5-2-7-29-12-17/h2,5-16H,1,3-4H2,(H,31,34)(H,33,37)(H,35,36). The summed E-state index contributed by atoms with van der Waals surface area (Å²) < 4.78 is 0. The van der Waals surface area contributed by atoms with E-state index >= 15 is 0 Å². The number of pyridine rings is 4. The molecule has 1 fully saturated rings. The highest BCUT2D eigenvalue weighted by Gasteiger charge is 2.25. The van der Waals surface area contributed by atoms with Gasteiger partial charge in [0.1, 0.15) is 11.3 Å². The molecule has 3 N–H and O–H groups in total. The van der Waals surface area contributed by atoms with Crippen LogP contribution in [0.25, 0.3) is 55.7 Å². The fourth-order valence-electron chi connectivity index (χ4n) is 4.77. The molecule has 180 valence electrons. The summed E-state index contributed by atoms with van der Waals surface area (Å²) in [6.07, 6.45) is 13.6. The van der Waals surface area contributed by atoms with Gasteiger partial charge < -0.3 is 10.3 Å². The first kappa shape index (κ1) is 21.4. The van der Waals surface area contributed by atoms with Crippen molar-refractivity contribution >= 4 is 33.5 Å². The zero-order valence-corrected chi connectivity index (χ0v) is 19.8. The molecule has 6 aromatic rings. The lowest BCUT2D eigenvalue weighted by Gasteiger charge is -2.24. The number of anilines is 1. The highest BCUT2D eigenvalue weighted by atomic mass is 16.1. The Morgan fingerprint density at radius 2 is 1.84 bits per heavy atom. The molecule has 7 rings (SSSR count). The van der Waals surface area contributed by atoms with Crippen molar-refractivity contribution < 1.29 is 4.79 Å². The van der Waals surface area contributed by atoms with Gasteiger partial charge in [-0.2, -0.15) is 5.10 Å². The van der Waals surface area contributed by atoms with E-state index in [0.29, 0.717) is 5.69 Å². The van der Waals surface area contributed by atoms with Gasteiger partial charge in [0.25, 0.3) is 0 Å². The molecule has 0 aliphatic heterocycles. The number of hydrogen-bond acceptors (Lipinski definition) is 6. The smallest absolute Gasteiger partial charge is 0.227 e. The first-order chi connectivity index (χ1) is 18.2. The van der Waals surface area contributed by atoms with Crippen LogP contribution in [0, 0.1) is 5.92 Å². The minimum Gasteiger partial charge on any atom is -0.338 e. The molecule has 0 atom stereocenters. The number of nitrogens with one attached hydrogen (secondary N) is 3. The van der Waals surface area contributed by atoms with Gasteiger partial charge in [-0.1, -0.05) is 12.5 Å². The SMILES string of the molecule is O=C(Nc1cncc(-c2cc3c(-c4cc5c(-c6cccnc6)ccnc5[nH]4)n[nH]c3cn2)c1)C1CCC1. The lowest BCUT2D eigenvalue weighted by molar-refractivity contribution is -0.122. The van der Waals surface area contributed by atoms with Gasteiger partial charge in [0.15, 0.2) is 0 Å². The maximum atomic E-state index is 12.4. The number of H-pyrrole nitrogens is 2. The molecule has 0 bridgehead atoms. The van der Waals surface area contributed by atoms with E-state index in [-0.39, 0.29) is 11.8 Å². The van der Waals surface area contributed by atoms with Gasteiger partial charge in [-0.25, -0.2) is 4.98 Å². The Morgan fingerprint density at radius 3 is 2.68 bits per heavy atom. The number of aromatic amines is 2. The van der Waals surface area contributed by atoms with Gasteiger partial charge in [-0.05, 0) is 48.7 Å². The average Bonchev–Trinajstić information content (AvgIpc) is 3.52. The summed E-state index contributed by atoms with van der Waals surface area (Å²) in [7, 11) is 0. The first-order valence-corrected chi connectivity index (χ1v) is 12.2. The molecule has 0 unspecified atom stereocenters. The van der Waals surface area contributed by atoms with Crippen molar-refractivity contribution in [2.24, 2.45) is 5.92 Å². The Balaban J connectivity index is 1.26. The molecule has 0 radical (unpaired) electrons. The normalized spacial score (nSPS) is 13.6. The molecule has 0 aromatic carbocycles. The second kappa shape index (κ2) is 8.63. The molecule has 1 amide bonds. The average molecular weight is 487 g/mol. The molecule has 0 saturated heterocycles. The molecule has 37 heavy (non-hydrogen) atoms. The summed E-state index contributed by atoms with van der Waals surface area (Å²) in [4.78, 5) is 33.5. The number of amides is 1. The number of nitrogens with zero attached hydrogens (tertiary/aromatic N) is 5. The minimum atomic E-state index is 0.0591. The van der Waals surface area contributed by atoms with E-state index in [9.17, 15) is 4.79 Å². The van der Waals surface area contributed by atoms with Crippen molar-refractivity contribution in [3.63, 3.8) is 0 Å². The van der Waals surface area contributed by atoms with Crippen LogP contribution in [0.3, 0.4) is 0 Å². The van der Waals surface area contributed by atoms with Crippen molar-refractivity contribution in [2.45, 2.75) is 19.3 Å². The van der Waals surface area contributed by atoms with E-state index < -0.39 is 0 Å². The van der Waals surface area contributed by atoms with Gasteiger partial charge in [0.2, 0.25) is 5.91 Å². The number of rotatable bonds is 5. The van der Waals surface area contributed by atoms with Gasteiger partial charge >= 0.3 is 0 Å². The van der Waals surface area contributed by atoms with Gasteiger partial charge in [-0.3, -0.25) is 24.8 Å². The number of hydrogen-bond donors (Lipinski definition) is 3. The molecule has 6 heterocycles. The van der Waals surface area contributed by atoms with Crippen molar-refractivity contribution in [2.75, 3.05) is 5.32 Å². The van der Waals surface area contributed by atoms with E-state index in [2.05, 4.69) is 46.5 Å². The number of carbonyl (C=O) groups excluding carboxylic acids is 1.